The number of carbonyl (C=O) groups is 2. The van der Waals surface area contributed by atoms with Crippen LogP contribution in [0.3, 0.4) is 0 Å². The highest BCUT2D eigenvalue weighted by Crippen LogP contribution is 2.34. The lowest BCUT2D eigenvalue weighted by atomic mass is 9.85. The number of nitrogens with zero attached hydrogens (tertiary/aromatic N) is 2. The number of rotatable bonds is 2. The molecule has 0 saturated heterocycles. The summed E-state index contributed by atoms with van der Waals surface area (Å²) in [6.45, 7) is 6.23. The monoisotopic (exact) mass is 350 g/mol. The first-order valence-corrected chi connectivity index (χ1v) is 8.81. The molecule has 0 unspecified atom stereocenters. The van der Waals surface area contributed by atoms with E-state index in [1.54, 1.807) is 6.07 Å². The summed E-state index contributed by atoms with van der Waals surface area (Å²) in [7, 11) is 0. The van der Waals surface area contributed by atoms with Gasteiger partial charge in [-0.05, 0) is 52.5 Å². The van der Waals surface area contributed by atoms with Crippen molar-refractivity contribution in [1.82, 2.24) is 9.88 Å². The smallest absolute Gasteiger partial charge is 0.309 e. The molecule has 1 aliphatic heterocycles. The molecule has 24 heavy (non-hydrogen) atoms. The summed E-state index contributed by atoms with van der Waals surface area (Å²) in [5, 5.41) is 0.345. The lowest BCUT2D eigenvalue weighted by Gasteiger charge is -2.34. The second-order valence-electron chi connectivity index (χ2n) is 7.61. The zero-order valence-electron chi connectivity index (χ0n) is 14.3. The first-order chi connectivity index (χ1) is 11.2. The van der Waals surface area contributed by atoms with Crippen LogP contribution in [0.15, 0.2) is 12.1 Å². The van der Waals surface area contributed by atoms with Crippen LogP contribution in [0.4, 0.5) is 0 Å². The number of esters is 1. The van der Waals surface area contributed by atoms with Crippen LogP contribution in [0, 0.1) is 5.92 Å². The Hall–Kier alpha value is -1.62. The Balaban J connectivity index is 1.60. The Morgan fingerprint density at radius 1 is 1.25 bits per heavy atom. The van der Waals surface area contributed by atoms with Crippen molar-refractivity contribution in [3.05, 3.63) is 28.5 Å². The maximum absolute atomic E-state index is 12.6. The Morgan fingerprint density at radius 3 is 2.54 bits per heavy atom. The summed E-state index contributed by atoms with van der Waals surface area (Å²) in [5.41, 5.74) is 0.946. The first kappa shape index (κ1) is 17.2. The molecule has 2 aliphatic rings. The van der Waals surface area contributed by atoms with E-state index in [0.717, 1.165) is 31.2 Å². The summed E-state index contributed by atoms with van der Waals surface area (Å²) in [6, 6.07) is 3.75. The van der Waals surface area contributed by atoms with Gasteiger partial charge in [0.25, 0.3) is 5.91 Å². The minimum absolute atomic E-state index is 0.0479. The third-order valence-corrected chi connectivity index (χ3v) is 4.84. The summed E-state index contributed by atoms with van der Waals surface area (Å²) >= 11 is 5.90. The van der Waals surface area contributed by atoms with E-state index in [4.69, 9.17) is 16.3 Å². The highest BCUT2D eigenvalue weighted by molar-refractivity contribution is 6.29. The van der Waals surface area contributed by atoms with Gasteiger partial charge in [-0.15, -0.1) is 0 Å². The maximum Gasteiger partial charge on any atom is 0.309 e. The number of halogens is 1. The lowest BCUT2D eigenvalue weighted by Crippen LogP contribution is -2.40. The van der Waals surface area contributed by atoms with Crippen LogP contribution in [0.2, 0.25) is 5.15 Å². The molecule has 2 heterocycles. The highest BCUT2D eigenvalue weighted by Gasteiger charge is 2.38. The number of amides is 1. The predicted molar refractivity (Wildman–Crippen MR) is 90.7 cm³/mol. The molecule has 1 saturated carbocycles. The van der Waals surface area contributed by atoms with E-state index in [1.165, 1.54) is 0 Å². The maximum atomic E-state index is 12.6. The van der Waals surface area contributed by atoms with E-state index < -0.39 is 5.60 Å². The van der Waals surface area contributed by atoms with Crippen molar-refractivity contribution in [1.29, 1.82) is 0 Å². The van der Waals surface area contributed by atoms with Crippen LogP contribution in [0.1, 0.15) is 62.5 Å². The van der Waals surface area contributed by atoms with Gasteiger partial charge < -0.3 is 9.64 Å². The number of aromatic nitrogens is 1. The summed E-state index contributed by atoms with van der Waals surface area (Å²) in [5.74, 6) is -0.230. The van der Waals surface area contributed by atoms with Gasteiger partial charge in [0.2, 0.25) is 0 Å². The summed E-state index contributed by atoms with van der Waals surface area (Å²) in [4.78, 5) is 30.8. The number of pyridine rings is 1. The molecule has 5 nitrogen and oxygen atoms in total. The van der Waals surface area contributed by atoms with Gasteiger partial charge in [0.15, 0.2) is 0 Å². The number of carbonyl (C=O) groups excluding carboxylic acids is 2. The van der Waals surface area contributed by atoms with Crippen molar-refractivity contribution in [2.45, 2.75) is 64.6 Å². The van der Waals surface area contributed by atoms with E-state index in [0.29, 0.717) is 17.4 Å². The van der Waals surface area contributed by atoms with Crippen molar-refractivity contribution in [3.8, 4) is 0 Å². The van der Waals surface area contributed by atoms with Crippen molar-refractivity contribution >= 4 is 23.5 Å². The highest BCUT2D eigenvalue weighted by atomic mass is 35.5. The molecule has 0 bridgehead atoms. The molecule has 3 rings (SSSR count). The fraction of sp³-hybridized carbons (Fsp3) is 0.611. The van der Waals surface area contributed by atoms with Crippen LogP contribution in [0.5, 0.6) is 0 Å². The largest absolute Gasteiger partial charge is 0.460 e. The molecular weight excluding hydrogens is 328 g/mol. The standard InChI is InChI=1S/C18H23ClN2O3/c1-18(2,3)24-17(23)11-4-7-13(8-5-11)21-10-12-6-9-14(19)20-15(12)16(21)22/h6,9,11,13H,4-5,7-8,10H2,1-3H3. The molecule has 6 heteroatoms. The molecule has 1 fully saturated rings. The number of ether oxygens (including phenoxy) is 1. The van der Waals surface area contributed by atoms with Gasteiger partial charge in [0, 0.05) is 18.2 Å². The summed E-state index contributed by atoms with van der Waals surface area (Å²) in [6.07, 6.45) is 3.15. The first-order valence-electron chi connectivity index (χ1n) is 8.44. The van der Waals surface area contributed by atoms with Crippen LogP contribution in [0.25, 0.3) is 0 Å². The van der Waals surface area contributed by atoms with Crippen LogP contribution in [-0.2, 0) is 16.1 Å². The minimum Gasteiger partial charge on any atom is -0.460 e. The van der Waals surface area contributed by atoms with Gasteiger partial charge in [-0.25, -0.2) is 4.98 Å². The van der Waals surface area contributed by atoms with Gasteiger partial charge in [-0.2, -0.15) is 0 Å². The van der Waals surface area contributed by atoms with Crippen LogP contribution in [-0.4, -0.2) is 33.4 Å². The molecular formula is C18H23ClN2O3. The van der Waals surface area contributed by atoms with E-state index in [9.17, 15) is 9.59 Å². The lowest BCUT2D eigenvalue weighted by molar-refractivity contribution is -0.161. The van der Waals surface area contributed by atoms with E-state index in [-0.39, 0.29) is 23.8 Å². The normalized spacial score (nSPS) is 24.0. The second-order valence-corrected chi connectivity index (χ2v) is 8.00. The second kappa shape index (κ2) is 6.36. The third kappa shape index (κ3) is 3.56. The molecule has 130 valence electrons. The van der Waals surface area contributed by atoms with Gasteiger partial charge in [0.1, 0.15) is 16.4 Å². The topological polar surface area (TPSA) is 59.5 Å². The zero-order valence-corrected chi connectivity index (χ0v) is 15.1. The van der Waals surface area contributed by atoms with Crippen molar-refractivity contribution < 1.29 is 14.3 Å². The average Bonchev–Trinajstić information content (AvgIpc) is 2.83. The molecule has 0 radical (unpaired) electrons. The third-order valence-electron chi connectivity index (χ3n) is 4.63. The van der Waals surface area contributed by atoms with Crippen molar-refractivity contribution in [3.63, 3.8) is 0 Å². The SMILES string of the molecule is CC(C)(C)OC(=O)C1CCC(N2Cc3ccc(Cl)nc3C2=O)CC1. The minimum atomic E-state index is -0.453. The molecule has 0 N–H and O–H groups in total. The summed E-state index contributed by atoms with van der Waals surface area (Å²) < 4.78 is 5.48. The fourth-order valence-electron chi connectivity index (χ4n) is 3.47. The van der Waals surface area contributed by atoms with E-state index in [2.05, 4.69) is 4.98 Å². The number of hydrogen-bond donors (Lipinski definition) is 0. The Labute approximate surface area is 147 Å². The quantitative estimate of drug-likeness (QED) is 0.604. The van der Waals surface area contributed by atoms with Crippen LogP contribution < -0.4 is 0 Å². The average molecular weight is 351 g/mol. The molecule has 0 spiro atoms. The molecule has 0 atom stereocenters. The molecule has 1 amide bonds. The van der Waals surface area contributed by atoms with Gasteiger partial charge in [0.05, 0.1) is 5.92 Å². The Morgan fingerprint density at radius 2 is 1.92 bits per heavy atom. The molecule has 1 aromatic heterocycles. The Kier molecular flexibility index (Phi) is 4.56. The number of fused-ring (bicyclic) bond motifs is 1. The Bertz CT molecular complexity index is 661. The van der Waals surface area contributed by atoms with Gasteiger partial charge in [-0.1, -0.05) is 17.7 Å². The zero-order chi connectivity index (χ0) is 17.5. The van der Waals surface area contributed by atoms with Gasteiger partial charge in [-0.3, -0.25) is 9.59 Å². The van der Waals surface area contributed by atoms with E-state index in [1.807, 2.05) is 31.7 Å². The number of hydrogen-bond acceptors (Lipinski definition) is 4. The predicted octanol–water partition coefficient (Wildman–Crippen LogP) is 3.59. The van der Waals surface area contributed by atoms with Crippen molar-refractivity contribution in [2.24, 2.45) is 5.92 Å². The molecule has 0 aromatic carbocycles. The molecule has 1 aromatic rings. The van der Waals surface area contributed by atoms with Crippen LogP contribution >= 0.6 is 11.6 Å². The van der Waals surface area contributed by atoms with E-state index >= 15 is 0 Å². The molecule has 1 aliphatic carbocycles. The fourth-order valence-corrected chi connectivity index (χ4v) is 3.62. The van der Waals surface area contributed by atoms with Gasteiger partial charge >= 0.3 is 5.97 Å². The van der Waals surface area contributed by atoms with Crippen molar-refractivity contribution in [2.75, 3.05) is 0 Å².